The van der Waals surface area contributed by atoms with Gasteiger partial charge < -0.3 is 10.5 Å². The summed E-state index contributed by atoms with van der Waals surface area (Å²) in [6.07, 6.45) is 3.48. The van der Waals surface area contributed by atoms with Gasteiger partial charge in [0.25, 0.3) is 0 Å². The smallest absolute Gasteiger partial charge is 0.387 e. The summed E-state index contributed by atoms with van der Waals surface area (Å²) < 4.78 is 57.8. The zero-order valence-electron chi connectivity index (χ0n) is 15.7. The first kappa shape index (κ1) is 19.9. The molecule has 8 heteroatoms. The van der Waals surface area contributed by atoms with Gasteiger partial charge in [-0.1, -0.05) is 18.2 Å². The Hall–Kier alpha value is -3.42. The van der Waals surface area contributed by atoms with Gasteiger partial charge in [-0.3, -0.25) is 9.98 Å². The number of hydrogen-bond acceptors (Lipinski definition) is 4. The molecule has 0 fully saturated rings. The largest absolute Gasteiger partial charge is 0.435 e. The molecule has 4 nitrogen and oxygen atoms in total. The molecule has 2 N–H and O–H groups in total. The second kappa shape index (κ2) is 7.78. The van der Waals surface area contributed by atoms with Crippen LogP contribution in [-0.4, -0.2) is 17.4 Å². The van der Waals surface area contributed by atoms with Gasteiger partial charge in [0.15, 0.2) is 0 Å². The normalized spacial score (nSPS) is 18.5. The minimum atomic E-state index is -3.05. The summed E-state index contributed by atoms with van der Waals surface area (Å²) >= 11 is 0. The Balaban J connectivity index is 1.82. The van der Waals surface area contributed by atoms with Crippen LogP contribution < -0.4 is 10.5 Å². The molecule has 2 heterocycles. The number of alkyl halides is 2. The monoisotopic (exact) mass is 415 g/mol. The third-order valence-electron chi connectivity index (χ3n) is 5.07. The molecule has 30 heavy (non-hydrogen) atoms. The average Bonchev–Trinajstić information content (AvgIpc) is 3.10. The number of aliphatic imine (C=N–C) groups is 1. The summed E-state index contributed by atoms with van der Waals surface area (Å²) in [5.74, 6) is -1.13. The summed E-state index contributed by atoms with van der Waals surface area (Å²) in [4.78, 5) is 8.41. The minimum Gasteiger partial charge on any atom is -0.435 e. The quantitative estimate of drug-likeness (QED) is 0.595. The molecule has 0 bridgehead atoms. The highest BCUT2D eigenvalue weighted by Crippen LogP contribution is 2.44. The molecule has 154 valence electrons. The number of benzene rings is 2. The number of amidine groups is 1. The van der Waals surface area contributed by atoms with Crippen molar-refractivity contribution >= 4 is 5.84 Å². The number of pyridine rings is 1. The Morgan fingerprint density at radius 1 is 1.00 bits per heavy atom. The molecule has 0 amide bonds. The van der Waals surface area contributed by atoms with Gasteiger partial charge in [0.2, 0.25) is 0 Å². The molecule has 0 saturated carbocycles. The van der Waals surface area contributed by atoms with Gasteiger partial charge >= 0.3 is 6.61 Å². The van der Waals surface area contributed by atoms with Gasteiger partial charge in [-0.2, -0.15) is 8.78 Å². The van der Waals surface area contributed by atoms with E-state index in [1.165, 1.54) is 24.4 Å². The van der Waals surface area contributed by atoms with E-state index in [0.717, 1.165) is 12.3 Å². The molecule has 0 aliphatic carbocycles. The first-order valence-electron chi connectivity index (χ1n) is 9.18. The van der Waals surface area contributed by atoms with Crippen LogP contribution in [0.1, 0.15) is 24.0 Å². The predicted octanol–water partition coefficient (Wildman–Crippen LogP) is 5.02. The summed E-state index contributed by atoms with van der Waals surface area (Å²) in [7, 11) is 0. The second-order valence-corrected chi connectivity index (χ2v) is 6.96. The first-order chi connectivity index (χ1) is 14.4. The molecule has 3 aromatic rings. The Labute approximate surface area is 170 Å². The van der Waals surface area contributed by atoms with Crippen LogP contribution in [0.2, 0.25) is 0 Å². The summed E-state index contributed by atoms with van der Waals surface area (Å²) in [6.45, 7) is -3.05. The van der Waals surface area contributed by atoms with Gasteiger partial charge in [-0.25, -0.2) is 8.78 Å². The predicted molar refractivity (Wildman–Crippen MR) is 104 cm³/mol. The standard InChI is InChI=1S/C22H17F4N3O/c23-16-9-14(11-28-12-16)13-2-1-3-15(8-13)22(7-6-20(27)29-22)18-5-4-17(10-19(18)24)30-21(25)26/h1-5,8-12,21H,6-7H2,(H2,27,29). The van der Waals surface area contributed by atoms with Crippen LogP contribution in [0, 0.1) is 11.6 Å². The SMILES string of the molecule is NC1=NC(c2cccc(-c3cncc(F)c3)c2)(c2ccc(OC(F)F)cc2F)CC1. The zero-order chi connectivity index (χ0) is 21.3. The van der Waals surface area contributed by atoms with Crippen molar-refractivity contribution in [2.45, 2.75) is 25.0 Å². The molecular weight excluding hydrogens is 398 g/mol. The number of nitrogens with zero attached hydrogens (tertiary/aromatic N) is 2. The lowest BCUT2D eigenvalue weighted by molar-refractivity contribution is -0.0500. The number of nitrogens with two attached hydrogens (primary N) is 1. The molecule has 0 saturated heterocycles. The number of hydrogen-bond donors (Lipinski definition) is 1. The van der Waals surface area contributed by atoms with Crippen molar-refractivity contribution in [3.05, 3.63) is 83.7 Å². The highest BCUT2D eigenvalue weighted by molar-refractivity contribution is 5.84. The number of rotatable bonds is 5. The second-order valence-electron chi connectivity index (χ2n) is 6.96. The number of halogens is 4. The van der Waals surface area contributed by atoms with E-state index >= 15 is 0 Å². The molecule has 1 unspecified atom stereocenters. The third-order valence-corrected chi connectivity index (χ3v) is 5.07. The molecule has 1 atom stereocenters. The van der Waals surface area contributed by atoms with E-state index in [4.69, 9.17) is 5.73 Å². The van der Waals surface area contributed by atoms with Crippen molar-refractivity contribution in [1.82, 2.24) is 4.98 Å². The maximum absolute atomic E-state index is 15.0. The van der Waals surface area contributed by atoms with Gasteiger partial charge in [-0.15, -0.1) is 0 Å². The number of aromatic nitrogens is 1. The van der Waals surface area contributed by atoms with Gasteiger partial charge in [-0.05, 0) is 41.8 Å². The molecular formula is C22H17F4N3O. The molecule has 1 aromatic heterocycles. The Morgan fingerprint density at radius 2 is 1.83 bits per heavy atom. The molecule has 4 rings (SSSR count). The van der Waals surface area contributed by atoms with Crippen molar-refractivity contribution in [1.29, 1.82) is 0 Å². The van der Waals surface area contributed by atoms with Crippen LogP contribution >= 0.6 is 0 Å². The fourth-order valence-electron chi connectivity index (χ4n) is 3.76. The van der Waals surface area contributed by atoms with Crippen LogP contribution in [0.3, 0.4) is 0 Å². The molecule has 0 spiro atoms. The Bertz CT molecular complexity index is 1120. The third kappa shape index (κ3) is 3.72. The maximum Gasteiger partial charge on any atom is 0.387 e. The van der Waals surface area contributed by atoms with Crippen molar-refractivity contribution in [3.8, 4) is 16.9 Å². The topological polar surface area (TPSA) is 60.5 Å². The molecule has 1 aliphatic rings. The van der Waals surface area contributed by atoms with Crippen LogP contribution in [0.4, 0.5) is 17.6 Å². The van der Waals surface area contributed by atoms with Gasteiger partial charge in [0.05, 0.1) is 12.0 Å². The van der Waals surface area contributed by atoms with E-state index in [0.29, 0.717) is 35.4 Å². The first-order valence-corrected chi connectivity index (χ1v) is 9.18. The van der Waals surface area contributed by atoms with Gasteiger partial charge in [0.1, 0.15) is 22.9 Å². The van der Waals surface area contributed by atoms with Crippen LogP contribution in [0.5, 0.6) is 5.75 Å². The van der Waals surface area contributed by atoms with Crippen LogP contribution in [-0.2, 0) is 5.54 Å². The maximum atomic E-state index is 15.0. The van der Waals surface area contributed by atoms with Crippen LogP contribution in [0.15, 0.2) is 65.9 Å². The highest BCUT2D eigenvalue weighted by Gasteiger charge is 2.40. The van der Waals surface area contributed by atoms with E-state index in [1.807, 2.05) is 0 Å². The molecule has 2 aromatic carbocycles. The van der Waals surface area contributed by atoms with Crippen molar-refractivity contribution in [2.75, 3.05) is 0 Å². The lowest BCUT2D eigenvalue weighted by Crippen LogP contribution is -2.24. The van der Waals surface area contributed by atoms with E-state index in [-0.39, 0.29) is 11.3 Å². The van der Waals surface area contributed by atoms with E-state index in [2.05, 4.69) is 14.7 Å². The fraction of sp³-hybridized carbons (Fsp3) is 0.182. The average molecular weight is 415 g/mol. The van der Waals surface area contributed by atoms with Crippen molar-refractivity contribution < 1.29 is 22.3 Å². The summed E-state index contributed by atoms with van der Waals surface area (Å²) in [5.41, 5.74) is 6.89. The van der Waals surface area contributed by atoms with E-state index < -0.39 is 23.8 Å². The molecule has 0 radical (unpaired) electrons. The van der Waals surface area contributed by atoms with Crippen LogP contribution in [0.25, 0.3) is 11.1 Å². The minimum absolute atomic E-state index is 0.194. The lowest BCUT2D eigenvalue weighted by atomic mass is 9.80. The summed E-state index contributed by atoms with van der Waals surface area (Å²) in [5, 5.41) is 0. The fourth-order valence-corrected chi connectivity index (χ4v) is 3.76. The van der Waals surface area contributed by atoms with Crippen molar-refractivity contribution in [3.63, 3.8) is 0 Å². The zero-order valence-corrected chi connectivity index (χ0v) is 15.7. The number of ether oxygens (including phenoxy) is 1. The van der Waals surface area contributed by atoms with Gasteiger partial charge in [0, 0.05) is 29.8 Å². The van der Waals surface area contributed by atoms with Crippen molar-refractivity contribution in [2.24, 2.45) is 10.7 Å². The Kier molecular flexibility index (Phi) is 5.15. The Morgan fingerprint density at radius 3 is 2.50 bits per heavy atom. The summed E-state index contributed by atoms with van der Waals surface area (Å²) in [6, 6.07) is 12.0. The highest BCUT2D eigenvalue weighted by atomic mass is 19.3. The molecule has 1 aliphatic heterocycles. The van der Waals surface area contributed by atoms with E-state index in [1.54, 1.807) is 24.3 Å². The van der Waals surface area contributed by atoms with E-state index in [9.17, 15) is 17.6 Å². The lowest BCUT2D eigenvalue weighted by Gasteiger charge is -2.28.